The zero-order chi connectivity index (χ0) is 21.4. The molecule has 0 fully saturated rings. The Morgan fingerprint density at radius 3 is 2.60 bits per heavy atom. The Morgan fingerprint density at radius 2 is 1.93 bits per heavy atom. The van der Waals surface area contributed by atoms with Crippen LogP contribution in [0.15, 0.2) is 40.9 Å². The summed E-state index contributed by atoms with van der Waals surface area (Å²) in [6.07, 6.45) is 0. The first-order valence-electron chi connectivity index (χ1n) is 9.66. The molecule has 0 unspecified atom stereocenters. The smallest absolute Gasteiger partial charge is 0.259 e. The van der Waals surface area contributed by atoms with Crippen LogP contribution in [-0.4, -0.2) is 31.9 Å². The van der Waals surface area contributed by atoms with Crippen molar-refractivity contribution in [1.29, 1.82) is 0 Å². The van der Waals surface area contributed by atoms with E-state index in [1.165, 1.54) is 12.1 Å². The summed E-state index contributed by atoms with van der Waals surface area (Å²) >= 11 is 0. The van der Waals surface area contributed by atoms with Gasteiger partial charge >= 0.3 is 0 Å². The summed E-state index contributed by atoms with van der Waals surface area (Å²) in [5.41, 5.74) is 4.43. The number of hydrogen-bond donors (Lipinski definition) is 1. The summed E-state index contributed by atoms with van der Waals surface area (Å²) < 4.78 is 20.5. The highest BCUT2D eigenvalue weighted by Gasteiger charge is 2.21. The molecule has 8 heteroatoms. The van der Waals surface area contributed by atoms with Crippen LogP contribution < -0.4 is 5.32 Å². The number of carbonyl (C=O) groups excluding carboxylic acids is 1. The van der Waals surface area contributed by atoms with Crippen LogP contribution in [-0.2, 0) is 6.54 Å². The second-order valence-electron chi connectivity index (χ2n) is 7.49. The number of benzene rings is 1. The van der Waals surface area contributed by atoms with Gasteiger partial charge in [-0.15, -0.1) is 0 Å². The summed E-state index contributed by atoms with van der Waals surface area (Å²) in [5, 5.41) is 12.0. The summed E-state index contributed by atoms with van der Waals surface area (Å²) in [6, 6.07) is 9.45. The van der Waals surface area contributed by atoms with Crippen molar-refractivity contribution >= 4 is 17.0 Å². The van der Waals surface area contributed by atoms with Crippen LogP contribution in [0.5, 0.6) is 0 Å². The molecule has 0 saturated heterocycles. The average Bonchev–Trinajstić information content (AvgIpc) is 3.23. The number of aryl methyl sites for hydroxylation is 3. The van der Waals surface area contributed by atoms with Crippen LogP contribution in [0.2, 0.25) is 0 Å². The minimum atomic E-state index is -0.341. The van der Waals surface area contributed by atoms with Crippen molar-refractivity contribution in [1.82, 2.24) is 25.2 Å². The molecule has 0 aliphatic rings. The van der Waals surface area contributed by atoms with Gasteiger partial charge in [0, 0.05) is 17.3 Å². The Kier molecular flexibility index (Phi) is 5.07. The van der Waals surface area contributed by atoms with E-state index in [0.717, 1.165) is 11.4 Å². The second-order valence-corrected chi connectivity index (χ2v) is 7.49. The molecule has 0 aliphatic carbocycles. The maximum Gasteiger partial charge on any atom is 0.259 e. The Balaban J connectivity index is 1.66. The lowest BCUT2D eigenvalue weighted by atomic mass is 10.0. The van der Waals surface area contributed by atoms with Crippen molar-refractivity contribution in [3.63, 3.8) is 0 Å². The third-order valence-corrected chi connectivity index (χ3v) is 4.93. The molecule has 1 amide bonds. The molecule has 0 aliphatic heterocycles. The van der Waals surface area contributed by atoms with Crippen LogP contribution in [0.4, 0.5) is 4.39 Å². The van der Waals surface area contributed by atoms with Gasteiger partial charge in [0.05, 0.1) is 34.6 Å². The fourth-order valence-corrected chi connectivity index (χ4v) is 3.51. The molecule has 1 N–H and O–H groups in total. The quantitative estimate of drug-likeness (QED) is 0.541. The van der Waals surface area contributed by atoms with E-state index >= 15 is 0 Å². The van der Waals surface area contributed by atoms with Crippen molar-refractivity contribution < 1.29 is 13.7 Å². The van der Waals surface area contributed by atoms with Crippen molar-refractivity contribution in [2.24, 2.45) is 0 Å². The average molecular weight is 407 g/mol. The van der Waals surface area contributed by atoms with Crippen molar-refractivity contribution in [2.75, 3.05) is 0 Å². The second kappa shape index (κ2) is 7.70. The topological polar surface area (TPSA) is 85.8 Å². The number of fused-ring (bicyclic) bond motifs is 1. The molecule has 7 nitrogen and oxygen atoms in total. The first kappa shape index (κ1) is 19.8. The molecule has 4 aromatic rings. The number of rotatable bonds is 5. The molecule has 0 spiro atoms. The van der Waals surface area contributed by atoms with Gasteiger partial charge in [0.1, 0.15) is 5.82 Å². The lowest BCUT2D eigenvalue weighted by Crippen LogP contribution is -2.36. The molecule has 30 heavy (non-hydrogen) atoms. The summed E-state index contributed by atoms with van der Waals surface area (Å²) in [6.45, 7) is 8.16. The Morgan fingerprint density at radius 1 is 1.20 bits per heavy atom. The van der Waals surface area contributed by atoms with E-state index in [-0.39, 0.29) is 23.5 Å². The van der Waals surface area contributed by atoms with E-state index in [0.29, 0.717) is 34.4 Å². The first-order valence-corrected chi connectivity index (χ1v) is 9.66. The normalized spacial score (nSPS) is 12.3. The fraction of sp³-hybridized carbons (Fsp3) is 0.273. The molecule has 0 radical (unpaired) electrons. The van der Waals surface area contributed by atoms with E-state index in [1.807, 2.05) is 31.5 Å². The number of amides is 1. The molecular formula is C22H22FN5O2. The van der Waals surface area contributed by atoms with E-state index in [1.54, 1.807) is 25.1 Å². The zero-order valence-corrected chi connectivity index (χ0v) is 17.2. The van der Waals surface area contributed by atoms with Crippen LogP contribution in [0.3, 0.4) is 0 Å². The Labute approximate surface area is 172 Å². The van der Waals surface area contributed by atoms with E-state index in [2.05, 4.69) is 20.6 Å². The fourth-order valence-electron chi connectivity index (χ4n) is 3.51. The Hall–Kier alpha value is -3.55. The molecule has 1 atom stereocenters. The molecule has 3 heterocycles. The lowest BCUT2D eigenvalue weighted by Gasteiger charge is -2.16. The lowest BCUT2D eigenvalue weighted by molar-refractivity contribution is 0.0937. The monoisotopic (exact) mass is 407 g/mol. The highest BCUT2D eigenvalue weighted by Crippen LogP contribution is 2.27. The summed E-state index contributed by atoms with van der Waals surface area (Å²) in [7, 11) is 0. The van der Waals surface area contributed by atoms with E-state index in [9.17, 15) is 9.18 Å². The number of carbonyl (C=O) groups is 1. The highest BCUT2D eigenvalue weighted by molar-refractivity contribution is 6.07. The standard InChI is InChI=1S/C22H22FN5O2/c1-12-9-14(3)28(26-12)11-13(2)24-21(29)18-10-19(16-5-7-17(23)8-6-16)25-22-20(18)15(4)27-30-22/h5-10,13H,11H2,1-4H3,(H,24,29)/t13-/m1/s1. The number of hydrogen-bond acceptors (Lipinski definition) is 5. The van der Waals surface area contributed by atoms with Crippen molar-refractivity contribution in [3.05, 3.63) is 64.9 Å². The van der Waals surface area contributed by atoms with Gasteiger partial charge in [-0.05, 0) is 64.1 Å². The first-order chi connectivity index (χ1) is 14.3. The van der Waals surface area contributed by atoms with Crippen LogP contribution in [0.25, 0.3) is 22.4 Å². The van der Waals surface area contributed by atoms with Gasteiger partial charge in [0.2, 0.25) is 0 Å². The van der Waals surface area contributed by atoms with E-state index in [4.69, 9.17) is 4.52 Å². The third kappa shape index (κ3) is 3.80. The summed E-state index contributed by atoms with van der Waals surface area (Å²) in [5.74, 6) is -0.600. The third-order valence-electron chi connectivity index (χ3n) is 4.93. The summed E-state index contributed by atoms with van der Waals surface area (Å²) in [4.78, 5) is 17.6. The zero-order valence-electron chi connectivity index (χ0n) is 17.2. The van der Waals surface area contributed by atoms with Crippen molar-refractivity contribution in [2.45, 2.75) is 40.3 Å². The SMILES string of the molecule is Cc1cc(C)n(C[C@@H](C)NC(=O)c2cc(-c3ccc(F)cc3)nc3onc(C)c23)n1. The molecular weight excluding hydrogens is 385 g/mol. The predicted molar refractivity (Wildman–Crippen MR) is 111 cm³/mol. The van der Waals surface area contributed by atoms with Crippen LogP contribution >= 0.6 is 0 Å². The molecule has 154 valence electrons. The maximum atomic E-state index is 13.3. The highest BCUT2D eigenvalue weighted by atomic mass is 19.1. The molecule has 4 rings (SSSR count). The van der Waals surface area contributed by atoms with Crippen LogP contribution in [0, 0.1) is 26.6 Å². The number of halogens is 1. The van der Waals surface area contributed by atoms with Gasteiger partial charge in [-0.3, -0.25) is 9.48 Å². The number of nitrogens with one attached hydrogen (secondary N) is 1. The van der Waals surface area contributed by atoms with E-state index < -0.39 is 0 Å². The van der Waals surface area contributed by atoms with Gasteiger partial charge in [0.25, 0.3) is 11.6 Å². The largest absolute Gasteiger partial charge is 0.348 e. The number of nitrogens with zero attached hydrogens (tertiary/aromatic N) is 4. The molecule has 0 saturated carbocycles. The minimum Gasteiger partial charge on any atom is -0.348 e. The van der Waals surface area contributed by atoms with Crippen LogP contribution in [0.1, 0.15) is 34.4 Å². The molecule has 3 aromatic heterocycles. The number of pyridine rings is 1. The van der Waals surface area contributed by atoms with Gasteiger partial charge < -0.3 is 9.84 Å². The maximum absolute atomic E-state index is 13.3. The minimum absolute atomic E-state index is 0.159. The Bertz CT molecular complexity index is 1230. The van der Waals surface area contributed by atoms with Gasteiger partial charge in [0.15, 0.2) is 0 Å². The van der Waals surface area contributed by atoms with Gasteiger partial charge in [-0.25, -0.2) is 9.37 Å². The van der Waals surface area contributed by atoms with Crippen molar-refractivity contribution in [3.8, 4) is 11.3 Å². The van der Waals surface area contributed by atoms with Gasteiger partial charge in [-0.2, -0.15) is 5.10 Å². The predicted octanol–water partition coefficient (Wildman–Crippen LogP) is 3.97. The number of aromatic nitrogens is 4. The molecule has 1 aromatic carbocycles. The van der Waals surface area contributed by atoms with Gasteiger partial charge in [-0.1, -0.05) is 5.16 Å². The molecule has 0 bridgehead atoms.